The van der Waals surface area contributed by atoms with Gasteiger partial charge in [-0.25, -0.2) is 0 Å². The highest BCUT2D eigenvalue weighted by molar-refractivity contribution is 5.76. The van der Waals surface area contributed by atoms with E-state index in [4.69, 9.17) is 10.5 Å². The van der Waals surface area contributed by atoms with Gasteiger partial charge in [0.25, 0.3) is 0 Å². The van der Waals surface area contributed by atoms with Gasteiger partial charge in [0.15, 0.2) is 0 Å². The second-order valence-corrected chi connectivity index (χ2v) is 6.71. The average Bonchev–Trinajstić information content (AvgIpc) is 2.36. The van der Waals surface area contributed by atoms with Crippen molar-refractivity contribution >= 4 is 5.97 Å². The fraction of sp³-hybridized carbons (Fsp3) is 0.938. The van der Waals surface area contributed by atoms with Gasteiger partial charge in [-0.3, -0.25) is 4.79 Å². The van der Waals surface area contributed by atoms with Crippen LogP contribution in [0.4, 0.5) is 0 Å². The number of ether oxygens (including phenoxy) is 1. The Morgan fingerprint density at radius 1 is 1.32 bits per heavy atom. The third kappa shape index (κ3) is 4.48. The van der Waals surface area contributed by atoms with Gasteiger partial charge in [-0.15, -0.1) is 0 Å². The van der Waals surface area contributed by atoms with Crippen molar-refractivity contribution in [2.75, 3.05) is 0 Å². The van der Waals surface area contributed by atoms with Gasteiger partial charge in [0.05, 0.1) is 0 Å². The number of hydrogen-bond donors (Lipinski definition) is 1. The Balaban J connectivity index is 2.63. The molecule has 0 aromatic heterocycles. The van der Waals surface area contributed by atoms with Crippen LogP contribution in [0.3, 0.4) is 0 Å². The number of rotatable bonds is 5. The van der Waals surface area contributed by atoms with E-state index in [2.05, 4.69) is 27.7 Å². The van der Waals surface area contributed by atoms with Crippen LogP contribution in [0.15, 0.2) is 0 Å². The van der Waals surface area contributed by atoms with E-state index in [1.165, 1.54) is 6.42 Å². The van der Waals surface area contributed by atoms with Crippen molar-refractivity contribution in [2.24, 2.45) is 29.4 Å². The minimum absolute atomic E-state index is 0.0614. The third-order valence-corrected chi connectivity index (χ3v) is 4.76. The normalized spacial score (nSPS) is 31.0. The monoisotopic (exact) mass is 269 g/mol. The molecule has 0 bridgehead atoms. The Morgan fingerprint density at radius 2 is 1.95 bits per heavy atom. The number of hydrogen-bond acceptors (Lipinski definition) is 3. The summed E-state index contributed by atoms with van der Waals surface area (Å²) in [5.41, 5.74) is 5.97. The van der Waals surface area contributed by atoms with E-state index in [1.807, 2.05) is 6.92 Å². The van der Waals surface area contributed by atoms with Crippen LogP contribution in [0.2, 0.25) is 0 Å². The summed E-state index contributed by atoms with van der Waals surface area (Å²) in [5.74, 6) is 1.67. The lowest BCUT2D eigenvalue weighted by Gasteiger charge is -2.37. The molecule has 0 aliphatic heterocycles. The number of nitrogens with two attached hydrogens (primary N) is 1. The molecule has 0 spiro atoms. The Bertz CT molecular complexity index is 290. The van der Waals surface area contributed by atoms with Gasteiger partial charge in [-0.05, 0) is 36.5 Å². The molecule has 1 aliphatic rings. The van der Waals surface area contributed by atoms with Crippen LogP contribution in [0, 0.1) is 23.7 Å². The number of carbonyl (C=O) groups is 1. The minimum Gasteiger partial charge on any atom is -0.461 e. The van der Waals surface area contributed by atoms with Gasteiger partial charge in [0.2, 0.25) is 0 Å². The van der Waals surface area contributed by atoms with Crippen LogP contribution < -0.4 is 5.73 Å². The molecule has 1 rings (SSSR count). The summed E-state index contributed by atoms with van der Waals surface area (Å²) in [6, 6.07) is -0.477. The van der Waals surface area contributed by atoms with Gasteiger partial charge < -0.3 is 10.5 Å². The van der Waals surface area contributed by atoms with Crippen molar-refractivity contribution in [1.82, 2.24) is 0 Å². The van der Waals surface area contributed by atoms with Crippen LogP contribution in [0.1, 0.15) is 60.3 Å². The second kappa shape index (κ2) is 7.28. The molecule has 0 saturated heterocycles. The Hall–Kier alpha value is -0.570. The van der Waals surface area contributed by atoms with E-state index < -0.39 is 6.04 Å². The predicted octanol–water partition coefficient (Wildman–Crippen LogP) is 3.36. The van der Waals surface area contributed by atoms with Gasteiger partial charge in [0, 0.05) is 0 Å². The highest BCUT2D eigenvalue weighted by Crippen LogP contribution is 2.35. The fourth-order valence-electron chi connectivity index (χ4n) is 2.96. The molecule has 19 heavy (non-hydrogen) atoms. The molecule has 1 saturated carbocycles. The van der Waals surface area contributed by atoms with Gasteiger partial charge in [-0.2, -0.15) is 0 Å². The van der Waals surface area contributed by atoms with Gasteiger partial charge in [-0.1, -0.05) is 47.5 Å². The standard InChI is InChI=1S/C16H31NO2/c1-6-12(5)15(17)16(18)19-14-9-11(4)7-8-13(14)10(2)3/h10-15H,6-9,17H2,1-5H3. The third-order valence-electron chi connectivity index (χ3n) is 4.76. The predicted molar refractivity (Wildman–Crippen MR) is 78.7 cm³/mol. The largest absolute Gasteiger partial charge is 0.461 e. The second-order valence-electron chi connectivity index (χ2n) is 6.71. The Labute approximate surface area is 118 Å². The van der Waals surface area contributed by atoms with E-state index in [9.17, 15) is 4.79 Å². The zero-order valence-corrected chi connectivity index (χ0v) is 13.2. The van der Waals surface area contributed by atoms with Crippen molar-refractivity contribution in [1.29, 1.82) is 0 Å². The van der Waals surface area contributed by atoms with Gasteiger partial charge >= 0.3 is 5.97 Å². The minimum atomic E-state index is -0.477. The topological polar surface area (TPSA) is 52.3 Å². The number of carbonyl (C=O) groups excluding carboxylic acids is 1. The lowest BCUT2D eigenvalue weighted by molar-refractivity contribution is -0.158. The van der Waals surface area contributed by atoms with E-state index in [-0.39, 0.29) is 18.0 Å². The molecule has 0 aromatic rings. The van der Waals surface area contributed by atoms with Crippen LogP contribution >= 0.6 is 0 Å². The maximum atomic E-state index is 12.1. The maximum absolute atomic E-state index is 12.1. The molecule has 3 heteroatoms. The van der Waals surface area contributed by atoms with Crippen LogP contribution in [-0.4, -0.2) is 18.1 Å². The molecule has 3 nitrogen and oxygen atoms in total. The maximum Gasteiger partial charge on any atom is 0.323 e. The first-order chi connectivity index (χ1) is 8.86. The van der Waals surface area contributed by atoms with E-state index in [0.29, 0.717) is 17.8 Å². The van der Waals surface area contributed by atoms with Crippen LogP contribution in [0.25, 0.3) is 0 Å². The molecule has 0 amide bonds. The van der Waals surface area contributed by atoms with E-state index in [0.717, 1.165) is 19.3 Å². The lowest BCUT2D eigenvalue weighted by atomic mass is 9.75. The molecule has 5 atom stereocenters. The molecule has 5 unspecified atom stereocenters. The summed E-state index contributed by atoms with van der Waals surface area (Å²) in [7, 11) is 0. The Morgan fingerprint density at radius 3 is 2.47 bits per heavy atom. The number of esters is 1. The van der Waals surface area contributed by atoms with Crippen molar-refractivity contribution in [3.8, 4) is 0 Å². The summed E-state index contributed by atoms with van der Waals surface area (Å²) in [6.45, 7) is 10.7. The molecule has 0 aromatic carbocycles. The zero-order valence-electron chi connectivity index (χ0n) is 13.2. The van der Waals surface area contributed by atoms with Gasteiger partial charge in [0.1, 0.15) is 12.1 Å². The first kappa shape index (κ1) is 16.5. The highest BCUT2D eigenvalue weighted by atomic mass is 16.5. The lowest BCUT2D eigenvalue weighted by Crippen LogP contribution is -2.43. The Kier molecular flexibility index (Phi) is 6.31. The zero-order chi connectivity index (χ0) is 14.6. The van der Waals surface area contributed by atoms with Crippen LogP contribution in [-0.2, 0) is 9.53 Å². The SMILES string of the molecule is CCC(C)C(N)C(=O)OC1CC(C)CCC1C(C)C. The molecule has 0 radical (unpaired) electrons. The molecule has 1 aliphatic carbocycles. The molecule has 0 heterocycles. The van der Waals surface area contributed by atoms with E-state index >= 15 is 0 Å². The van der Waals surface area contributed by atoms with Crippen molar-refractivity contribution in [3.05, 3.63) is 0 Å². The summed E-state index contributed by atoms with van der Waals surface area (Å²) in [4.78, 5) is 12.1. The fourth-order valence-corrected chi connectivity index (χ4v) is 2.96. The van der Waals surface area contributed by atoms with Crippen molar-refractivity contribution in [2.45, 2.75) is 72.4 Å². The van der Waals surface area contributed by atoms with E-state index in [1.54, 1.807) is 0 Å². The quantitative estimate of drug-likeness (QED) is 0.779. The summed E-state index contributed by atoms with van der Waals surface area (Å²) >= 11 is 0. The summed E-state index contributed by atoms with van der Waals surface area (Å²) in [5, 5.41) is 0. The first-order valence-corrected chi connectivity index (χ1v) is 7.82. The highest BCUT2D eigenvalue weighted by Gasteiger charge is 2.34. The molecule has 2 N–H and O–H groups in total. The summed E-state index contributed by atoms with van der Waals surface area (Å²) in [6.07, 6.45) is 4.36. The molecule has 1 fully saturated rings. The van der Waals surface area contributed by atoms with Crippen LogP contribution in [0.5, 0.6) is 0 Å². The smallest absolute Gasteiger partial charge is 0.323 e. The average molecular weight is 269 g/mol. The molecular formula is C16H31NO2. The summed E-state index contributed by atoms with van der Waals surface area (Å²) < 4.78 is 5.76. The first-order valence-electron chi connectivity index (χ1n) is 7.82. The van der Waals surface area contributed by atoms with Crippen molar-refractivity contribution < 1.29 is 9.53 Å². The molecule has 112 valence electrons. The van der Waals surface area contributed by atoms with Crippen molar-refractivity contribution in [3.63, 3.8) is 0 Å². The molecular weight excluding hydrogens is 238 g/mol.